The first kappa shape index (κ1) is 27.1. The van der Waals surface area contributed by atoms with Crippen molar-refractivity contribution in [3.8, 4) is 0 Å². The summed E-state index contributed by atoms with van der Waals surface area (Å²) >= 11 is 0. The van der Waals surface area contributed by atoms with Crippen LogP contribution in [0.4, 0.5) is 5.95 Å². The number of H-pyrrole nitrogens is 1. The largest absolute Gasteiger partial charge is 0.427 e. The molecule has 1 aliphatic carbocycles. The van der Waals surface area contributed by atoms with Crippen molar-refractivity contribution in [3.05, 3.63) is 76.6 Å². The number of aromatic nitrogens is 4. The molecule has 0 radical (unpaired) electrons. The zero-order valence-electron chi connectivity index (χ0n) is 21.5. The number of nitrogens with zero attached hydrogens (tertiary/aromatic N) is 3. The molecule has 0 bridgehead atoms. The van der Waals surface area contributed by atoms with E-state index in [0.717, 1.165) is 31.2 Å². The molecule has 3 aromatic rings. The number of ether oxygens (including phenoxy) is 3. The molecular formula is C26H32N5O7P. The molecule has 2 aromatic heterocycles. The Morgan fingerprint density at radius 1 is 1.13 bits per heavy atom. The summed E-state index contributed by atoms with van der Waals surface area (Å²) in [6.45, 7) is 4.19. The molecule has 1 fully saturated rings. The predicted octanol–water partition coefficient (Wildman–Crippen LogP) is 4.41. The molecule has 1 aromatic carbocycles. The van der Waals surface area contributed by atoms with Crippen LogP contribution in [-0.2, 0) is 41.0 Å². The van der Waals surface area contributed by atoms with Crippen molar-refractivity contribution in [2.75, 3.05) is 25.3 Å². The summed E-state index contributed by atoms with van der Waals surface area (Å²) in [5.74, 6) is 1.56. The van der Waals surface area contributed by atoms with Gasteiger partial charge < -0.3 is 29.0 Å². The van der Waals surface area contributed by atoms with E-state index in [0.29, 0.717) is 23.7 Å². The number of fused-ring (bicyclic) bond motifs is 1. The lowest BCUT2D eigenvalue weighted by atomic mass is 9.87. The third kappa shape index (κ3) is 6.77. The van der Waals surface area contributed by atoms with E-state index in [-0.39, 0.29) is 49.5 Å². The van der Waals surface area contributed by atoms with Crippen LogP contribution >= 0.6 is 7.60 Å². The Morgan fingerprint density at radius 2 is 1.90 bits per heavy atom. The van der Waals surface area contributed by atoms with E-state index in [1.54, 1.807) is 4.57 Å². The molecule has 208 valence electrons. The average Bonchev–Trinajstić information content (AvgIpc) is 3.53. The molecule has 0 saturated heterocycles. The topological polar surface area (TPSA) is 153 Å². The molecule has 39 heavy (non-hydrogen) atoms. The maximum Gasteiger partial charge on any atom is 0.356 e. The molecule has 1 unspecified atom stereocenters. The first-order valence-corrected chi connectivity index (χ1v) is 14.6. The second-order valence-corrected chi connectivity index (χ2v) is 11.4. The lowest BCUT2D eigenvalue weighted by molar-refractivity contribution is 0.114. The zero-order valence-corrected chi connectivity index (χ0v) is 22.4. The van der Waals surface area contributed by atoms with E-state index >= 15 is 0 Å². The maximum atomic E-state index is 13.8. The third-order valence-corrected chi connectivity index (χ3v) is 8.14. The van der Waals surface area contributed by atoms with Crippen molar-refractivity contribution in [3.63, 3.8) is 0 Å². The van der Waals surface area contributed by atoms with Gasteiger partial charge in [-0.2, -0.15) is 4.98 Å². The highest BCUT2D eigenvalue weighted by Crippen LogP contribution is 2.50. The van der Waals surface area contributed by atoms with Gasteiger partial charge >= 0.3 is 7.60 Å². The molecule has 0 amide bonds. The van der Waals surface area contributed by atoms with Crippen molar-refractivity contribution in [2.24, 2.45) is 5.92 Å². The SMILES string of the molecule is C=C1OC(COP(=O)(COCCn2cnc3c(=O)[nH]c(N)nc32)OCc2ccccc2)=C(C2CCCCC2)O1. The Labute approximate surface area is 225 Å². The highest BCUT2D eigenvalue weighted by molar-refractivity contribution is 7.53. The fourth-order valence-electron chi connectivity index (χ4n) is 4.65. The van der Waals surface area contributed by atoms with Gasteiger partial charge in [0.15, 0.2) is 22.7 Å². The Morgan fingerprint density at radius 3 is 2.69 bits per heavy atom. The first-order chi connectivity index (χ1) is 18.9. The Hall–Kier alpha value is -3.44. The molecular weight excluding hydrogens is 525 g/mol. The van der Waals surface area contributed by atoms with Crippen molar-refractivity contribution < 1.29 is 27.8 Å². The number of benzene rings is 1. The van der Waals surface area contributed by atoms with Crippen LogP contribution in [0.1, 0.15) is 37.7 Å². The second-order valence-electron chi connectivity index (χ2n) is 9.44. The number of nitrogens with two attached hydrogens (primary N) is 1. The van der Waals surface area contributed by atoms with Gasteiger partial charge in [-0.3, -0.25) is 18.9 Å². The van der Waals surface area contributed by atoms with E-state index in [9.17, 15) is 9.36 Å². The van der Waals surface area contributed by atoms with Gasteiger partial charge in [0, 0.05) is 12.5 Å². The summed E-state index contributed by atoms with van der Waals surface area (Å²) in [7, 11) is -3.73. The van der Waals surface area contributed by atoms with Crippen LogP contribution in [0.2, 0.25) is 0 Å². The third-order valence-electron chi connectivity index (χ3n) is 6.59. The number of aromatic amines is 1. The van der Waals surface area contributed by atoms with Gasteiger partial charge in [-0.15, -0.1) is 0 Å². The molecule has 12 nitrogen and oxygen atoms in total. The number of rotatable bonds is 12. The minimum atomic E-state index is -3.73. The lowest BCUT2D eigenvalue weighted by Gasteiger charge is -2.22. The Balaban J connectivity index is 1.24. The molecule has 1 atom stereocenters. The highest BCUT2D eigenvalue weighted by atomic mass is 31.2. The van der Waals surface area contributed by atoms with E-state index in [4.69, 9.17) is 29.0 Å². The molecule has 1 saturated carbocycles. The minimum Gasteiger partial charge on any atom is -0.427 e. The van der Waals surface area contributed by atoms with Gasteiger partial charge in [0.1, 0.15) is 13.0 Å². The van der Waals surface area contributed by atoms with Crippen LogP contribution in [-0.4, -0.2) is 39.1 Å². The van der Waals surface area contributed by atoms with E-state index < -0.39 is 13.2 Å². The van der Waals surface area contributed by atoms with Crippen molar-refractivity contribution >= 4 is 24.7 Å². The molecule has 1 aliphatic heterocycles. The van der Waals surface area contributed by atoms with E-state index in [1.165, 1.54) is 12.7 Å². The number of imidazole rings is 1. The molecule has 2 aliphatic rings. The van der Waals surface area contributed by atoms with Crippen LogP contribution in [0.25, 0.3) is 11.2 Å². The fourth-order valence-corrected chi connectivity index (χ4v) is 5.89. The fraction of sp³-hybridized carbons (Fsp3) is 0.423. The quantitative estimate of drug-likeness (QED) is 0.242. The van der Waals surface area contributed by atoms with Crippen LogP contribution in [0.5, 0.6) is 0 Å². The summed E-state index contributed by atoms with van der Waals surface area (Å²) in [5.41, 5.74) is 6.59. The Kier molecular flexibility index (Phi) is 8.47. The molecule has 3 heterocycles. The molecule has 5 rings (SSSR count). The highest BCUT2D eigenvalue weighted by Gasteiger charge is 2.33. The van der Waals surface area contributed by atoms with Crippen molar-refractivity contribution in [1.29, 1.82) is 0 Å². The Bertz CT molecular complexity index is 1450. The van der Waals surface area contributed by atoms with E-state index in [1.807, 2.05) is 30.3 Å². The summed E-state index contributed by atoms with van der Waals surface area (Å²) in [6, 6.07) is 9.38. The zero-order chi connectivity index (χ0) is 27.2. The smallest absolute Gasteiger partial charge is 0.356 e. The summed E-state index contributed by atoms with van der Waals surface area (Å²) in [6.07, 6.45) is 6.61. The number of anilines is 1. The van der Waals surface area contributed by atoms with Crippen LogP contribution in [0, 0.1) is 5.92 Å². The van der Waals surface area contributed by atoms with Crippen LogP contribution in [0.15, 0.2) is 65.5 Å². The van der Waals surface area contributed by atoms with Crippen molar-refractivity contribution in [2.45, 2.75) is 45.3 Å². The summed E-state index contributed by atoms with van der Waals surface area (Å²) < 4.78 is 44.2. The number of nitrogens with one attached hydrogen (secondary N) is 1. The number of nitrogen functional groups attached to an aromatic ring is 1. The van der Waals surface area contributed by atoms with Crippen LogP contribution in [0.3, 0.4) is 0 Å². The van der Waals surface area contributed by atoms with E-state index in [2.05, 4.69) is 21.5 Å². The molecule has 13 heteroatoms. The molecule has 3 N–H and O–H groups in total. The maximum absolute atomic E-state index is 13.8. The number of hydrogen-bond donors (Lipinski definition) is 2. The lowest BCUT2D eigenvalue weighted by Crippen LogP contribution is -2.14. The van der Waals surface area contributed by atoms with Gasteiger partial charge in [0.2, 0.25) is 5.95 Å². The van der Waals surface area contributed by atoms with Gasteiger partial charge in [-0.05, 0) is 25.0 Å². The van der Waals surface area contributed by atoms with Gasteiger partial charge in [0.05, 0.1) is 19.5 Å². The minimum absolute atomic E-state index is 0.00919. The second kappa shape index (κ2) is 12.2. The monoisotopic (exact) mass is 557 g/mol. The number of hydrogen-bond acceptors (Lipinski definition) is 10. The first-order valence-electron chi connectivity index (χ1n) is 12.9. The van der Waals surface area contributed by atoms with Gasteiger partial charge in [-0.25, -0.2) is 4.98 Å². The van der Waals surface area contributed by atoms with Crippen molar-refractivity contribution in [1.82, 2.24) is 19.5 Å². The molecule has 0 spiro atoms. The average molecular weight is 558 g/mol. The normalized spacial score (nSPS) is 17.8. The van der Waals surface area contributed by atoms with Crippen LogP contribution < -0.4 is 11.3 Å². The predicted molar refractivity (Wildman–Crippen MR) is 143 cm³/mol. The summed E-state index contributed by atoms with van der Waals surface area (Å²) in [4.78, 5) is 22.6. The standard InChI is InChI=1S/C26H32N5O7P/c1-18-37-21(23(38-18)20-10-6-3-7-11-20)15-36-39(33,35-14-19-8-4-2-5-9-19)17-34-13-12-31-16-28-22-24(31)29-26(27)30-25(22)32/h2,4-5,8-9,16,20H,1,3,6-7,10-15,17H2,(H3,27,29,30,32). The summed E-state index contributed by atoms with van der Waals surface area (Å²) in [5, 5.41) is 0. The number of allylic oxidation sites excluding steroid dienone is 1. The van der Waals surface area contributed by atoms with Gasteiger partial charge in [-0.1, -0.05) is 49.6 Å². The van der Waals surface area contributed by atoms with Gasteiger partial charge in [0.25, 0.3) is 11.5 Å².